The fourth-order valence-corrected chi connectivity index (χ4v) is 2.32. The van der Waals surface area contributed by atoms with Gasteiger partial charge in [-0.2, -0.15) is 18.3 Å². The standard InChI is InChI=1S/C17H20F3N5O2/c1-4-25-8-7-13(23-25)10-24(3)16(27)15(26)22-11(2)12-5-6-14(21-9-12)17(18,19)20/h5-9,11H,4,10H2,1-3H3,(H,22,26)/t11-/m0/s1. The molecule has 0 aliphatic carbocycles. The Kier molecular flexibility index (Phi) is 6.19. The Bertz CT molecular complexity index is 802. The maximum Gasteiger partial charge on any atom is 0.433 e. The second kappa shape index (κ2) is 8.19. The minimum absolute atomic E-state index is 0.162. The largest absolute Gasteiger partial charge is 0.433 e. The van der Waals surface area contributed by atoms with E-state index in [0.717, 1.165) is 12.3 Å². The Morgan fingerprint density at radius 3 is 2.52 bits per heavy atom. The molecule has 2 heterocycles. The van der Waals surface area contributed by atoms with Gasteiger partial charge in [0.15, 0.2) is 0 Å². The first-order valence-corrected chi connectivity index (χ1v) is 8.23. The molecule has 0 bridgehead atoms. The third kappa shape index (κ3) is 5.28. The lowest BCUT2D eigenvalue weighted by atomic mass is 10.1. The van der Waals surface area contributed by atoms with Crippen molar-refractivity contribution >= 4 is 11.8 Å². The highest BCUT2D eigenvalue weighted by Crippen LogP contribution is 2.27. The number of likely N-dealkylation sites (N-methyl/N-ethyl adjacent to an activating group) is 1. The van der Waals surface area contributed by atoms with Crippen molar-refractivity contribution in [3.63, 3.8) is 0 Å². The van der Waals surface area contributed by atoms with E-state index >= 15 is 0 Å². The number of rotatable bonds is 5. The Morgan fingerprint density at radius 1 is 1.30 bits per heavy atom. The van der Waals surface area contributed by atoms with Crippen LogP contribution in [0, 0.1) is 0 Å². The van der Waals surface area contributed by atoms with E-state index in [1.54, 1.807) is 23.9 Å². The Balaban J connectivity index is 1.95. The van der Waals surface area contributed by atoms with Gasteiger partial charge in [0.05, 0.1) is 18.3 Å². The van der Waals surface area contributed by atoms with Crippen LogP contribution in [0.2, 0.25) is 0 Å². The number of nitrogens with zero attached hydrogens (tertiary/aromatic N) is 4. The van der Waals surface area contributed by atoms with Crippen molar-refractivity contribution in [1.82, 2.24) is 25.0 Å². The Morgan fingerprint density at radius 2 is 2.00 bits per heavy atom. The smallest absolute Gasteiger partial charge is 0.341 e. The maximum absolute atomic E-state index is 12.5. The molecule has 1 atom stereocenters. The molecule has 27 heavy (non-hydrogen) atoms. The van der Waals surface area contributed by atoms with Gasteiger partial charge >= 0.3 is 18.0 Å². The molecule has 1 N–H and O–H groups in total. The summed E-state index contributed by atoms with van der Waals surface area (Å²) in [5.41, 5.74) is -0.0268. The van der Waals surface area contributed by atoms with Gasteiger partial charge < -0.3 is 10.2 Å². The van der Waals surface area contributed by atoms with Crippen LogP contribution in [-0.4, -0.2) is 38.5 Å². The van der Waals surface area contributed by atoms with Crippen molar-refractivity contribution in [2.75, 3.05) is 7.05 Å². The molecule has 0 radical (unpaired) electrons. The van der Waals surface area contributed by atoms with E-state index in [1.807, 2.05) is 6.92 Å². The highest BCUT2D eigenvalue weighted by Gasteiger charge is 2.32. The molecule has 2 aromatic rings. The number of aryl methyl sites for hydroxylation is 1. The highest BCUT2D eigenvalue weighted by molar-refractivity contribution is 6.34. The van der Waals surface area contributed by atoms with E-state index in [4.69, 9.17) is 0 Å². The molecular formula is C17H20F3N5O2. The number of carbonyl (C=O) groups is 2. The lowest BCUT2D eigenvalue weighted by molar-refractivity contribution is -0.145. The van der Waals surface area contributed by atoms with Gasteiger partial charge in [-0.15, -0.1) is 0 Å². The van der Waals surface area contributed by atoms with Gasteiger partial charge in [0.25, 0.3) is 0 Å². The number of hydrogen-bond acceptors (Lipinski definition) is 4. The average molecular weight is 383 g/mol. The molecule has 2 aromatic heterocycles. The van der Waals surface area contributed by atoms with E-state index in [2.05, 4.69) is 15.4 Å². The van der Waals surface area contributed by atoms with Crippen molar-refractivity contribution in [2.45, 2.75) is 39.2 Å². The number of amides is 2. The zero-order valence-electron chi connectivity index (χ0n) is 15.1. The summed E-state index contributed by atoms with van der Waals surface area (Å²) in [5.74, 6) is -1.63. The van der Waals surface area contributed by atoms with Crippen LogP contribution in [0.15, 0.2) is 30.6 Å². The fraction of sp³-hybridized carbons (Fsp3) is 0.412. The summed E-state index contributed by atoms with van der Waals surface area (Å²) in [6.45, 7) is 4.33. The molecule has 0 unspecified atom stereocenters. The molecule has 0 fully saturated rings. The summed E-state index contributed by atoms with van der Waals surface area (Å²) >= 11 is 0. The summed E-state index contributed by atoms with van der Waals surface area (Å²) in [7, 11) is 1.47. The van der Waals surface area contributed by atoms with Gasteiger partial charge in [-0.05, 0) is 31.5 Å². The summed E-state index contributed by atoms with van der Waals surface area (Å²) < 4.78 is 39.3. The normalized spacial score (nSPS) is 12.5. The number of aromatic nitrogens is 3. The molecule has 7 nitrogen and oxygen atoms in total. The van der Waals surface area contributed by atoms with Gasteiger partial charge in [-0.1, -0.05) is 6.07 Å². The quantitative estimate of drug-likeness (QED) is 0.803. The van der Waals surface area contributed by atoms with Crippen molar-refractivity contribution in [3.8, 4) is 0 Å². The Hall–Kier alpha value is -2.91. The summed E-state index contributed by atoms with van der Waals surface area (Å²) in [6.07, 6.45) is -1.73. The molecule has 0 saturated heterocycles. The first-order valence-electron chi connectivity index (χ1n) is 8.23. The number of halogens is 3. The van der Waals surface area contributed by atoms with E-state index in [-0.39, 0.29) is 6.54 Å². The second-order valence-electron chi connectivity index (χ2n) is 5.99. The van der Waals surface area contributed by atoms with Gasteiger partial charge in [-0.3, -0.25) is 19.3 Å². The van der Waals surface area contributed by atoms with Crippen molar-refractivity contribution < 1.29 is 22.8 Å². The minimum atomic E-state index is -4.53. The number of alkyl halides is 3. The molecule has 0 aliphatic rings. The van der Waals surface area contributed by atoms with Gasteiger partial charge in [0, 0.05) is 26.0 Å². The number of hydrogen-bond donors (Lipinski definition) is 1. The molecule has 10 heteroatoms. The summed E-state index contributed by atoms with van der Waals surface area (Å²) in [5, 5.41) is 6.70. The van der Waals surface area contributed by atoms with E-state index in [9.17, 15) is 22.8 Å². The first-order chi connectivity index (χ1) is 12.6. The average Bonchev–Trinajstić information content (AvgIpc) is 3.07. The fourth-order valence-electron chi connectivity index (χ4n) is 2.32. The van der Waals surface area contributed by atoms with Crippen molar-refractivity contribution in [2.24, 2.45) is 0 Å². The summed E-state index contributed by atoms with van der Waals surface area (Å²) in [4.78, 5) is 28.9. The third-order valence-electron chi connectivity index (χ3n) is 3.88. The minimum Gasteiger partial charge on any atom is -0.341 e. The zero-order valence-corrected chi connectivity index (χ0v) is 15.1. The van der Waals surface area contributed by atoms with E-state index in [1.165, 1.54) is 18.0 Å². The zero-order chi connectivity index (χ0) is 20.2. The van der Waals surface area contributed by atoms with Crippen LogP contribution in [0.25, 0.3) is 0 Å². The lowest BCUT2D eigenvalue weighted by Gasteiger charge is -2.18. The molecule has 0 spiro atoms. The number of nitrogens with one attached hydrogen (secondary N) is 1. The second-order valence-corrected chi connectivity index (χ2v) is 5.99. The molecule has 0 aliphatic heterocycles. The van der Waals surface area contributed by atoms with Crippen molar-refractivity contribution in [3.05, 3.63) is 47.5 Å². The third-order valence-corrected chi connectivity index (χ3v) is 3.88. The van der Waals surface area contributed by atoms with Crippen LogP contribution in [-0.2, 0) is 28.9 Å². The molecule has 146 valence electrons. The van der Waals surface area contributed by atoms with Crippen LogP contribution in [0.1, 0.15) is 36.8 Å². The van der Waals surface area contributed by atoms with Crippen LogP contribution < -0.4 is 5.32 Å². The SMILES string of the molecule is CCn1ccc(CN(C)C(=O)C(=O)N[C@@H](C)c2ccc(C(F)(F)F)nc2)n1. The van der Waals surface area contributed by atoms with Crippen LogP contribution >= 0.6 is 0 Å². The molecule has 0 aromatic carbocycles. The Labute approximate surface area is 154 Å². The van der Waals surface area contributed by atoms with Crippen LogP contribution in [0.3, 0.4) is 0 Å². The predicted octanol–water partition coefficient (Wildman–Crippen LogP) is 2.15. The van der Waals surface area contributed by atoms with Gasteiger partial charge in [0.1, 0.15) is 5.69 Å². The first kappa shape index (κ1) is 20.4. The lowest BCUT2D eigenvalue weighted by Crippen LogP contribution is -2.41. The van der Waals surface area contributed by atoms with Crippen molar-refractivity contribution in [1.29, 1.82) is 0 Å². The maximum atomic E-state index is 12.5. The monoisotopic (exact) mass is 383 g/mol. The predicted molar refractivity (Wildman–Crippen MR) is 90.2 cm³/mol. The van der Waals surface area contributed by atoms with Gasteiger partial charge in [-0.25, -0.2) is 0 Å². The van der Waals surface area contributed by atoms with Crippen LogP contribution in [0.5, 0.6) is 0 Å². The molecule has 2 rings (SSSR count). The van der Waals surface area contributed by atoms with Gasteiger partial charge in [0.2, 0.25) is 0 Å². The summed E-state index contributed by atoms with van der Waals surface area (Å²) in [6, 6.07) is 3.12. The number of pyridine rings is 1. The number of carbonyl (C=O) groups excluding carboxylic acids is 2. The topological polar surface area (TPSA) is 80.1 Å². The van der Waals surface area contributed by atoms with Crippen LogP contribution in [0.4, 0.5) is 13.2 Å². The molecule has 2 amide bonds. The highest BCUT2D eigenvalue weighted by atomic mass is 19.4. The van der Waals surface area contributed by atoms with E-state index in [0.29, 0.717) is 17.8 Å². The van der Waals surface area contributed by atoms with E-state index < -0.39 is 29.7 Å². The molecule has 0 saturated carbocycles. The molecular weight excluding hydrogens is 363 g/mol.